The summed E-state index contributed by atoms with van der Waals surface area (Å²) < 4.78 is 2.36. The number of fused-ring (bicyclic) bond motifs is 6. The first kappa shape index (κ1) is 19.9. The third-order valence-electron chi connectivity index (χ3n) is 6.94. The minimum absolute atomic E-state index is 0.0798. The molecule has 0 radical (unpaired) electrons. The molecule has 0 amide bonds. The third kappa shape index (κ3) is 3.31. The second-order valence-corrected chi connectivity index (χ2v) is 9.47. The number of carbonyl (C=O) groups is 1. The first-order valence-corrected chi connectivity index (χ1v) is 11.2. The number of carboxylic acids is 1. The maximum absolute atomic E-state index is 11.7. The number of nitrogens with zero attached hydrogens (tertiary/aromatic N) is 2. The van der Waals surface area contributed by atoms with Crippen LogP contribution in [-0.2, 0) is 17.8 Å². The van der Waals surface area contributed by atoms with E-state index in [2.05, 4.69) is 28.6 Å². The zero-order valence-electron chi connectivity index (χ0n) is 16.8. The number of halogens is 2. The molecule has 2 aliphatic heterocycles. The lowest BCUT2D eigenvalue weighted by molar-refractivity contribution is -0.137. The van der Waals surface area contributed by atoms with Crippen molar-refractivity contribution < 1.29 is 9.90 Å². The van der Waals surface area contributed by atoms with Gasteiger partial charge in [0, 0.05) is 57.6 Å². The molecule has 0 aliphatic carbocycles. The largest absolute Gasteiger partial charge is 0.481 e. The summed E-state index contributed by atoms with van der Waals surface area (Å²) in [6, 6.07) is 14.6. The highest BCUT2D eigenvalue weighted by atomic mass is 35.5. The Balaban J connectivity index is 1.64. The third-order valence-corrected chi connectivity index (χ3v) is 7.43. The number of aliphatic carboxylic acids is 1. The van der Waals surface area contributed by atoms with Crippen LogP contribution in [-0.4, -0.2) is 33.6 Å². The van der Waals surface area contributed by atoms with E-state index in [1.807, 2.05) is 30.3 Å². The van der Waals surface area contributed by atoms with Gasteiger partial charge >= 0.3 is 5.97 Å². The lowest BCUT2D eigenvalue weighted by Gasteiger charge is -2.33. The highest BCUT2D eigenvalue weighted by molar-refractivity contribution is 6.31. The predicted molar refractivity (Wildman–Crippen MR) is 121 cm³/mol. The lowest BCUT2D eigenvalue weighted by atomic mass is 9.94. The molecule has 2 bridgehead atoms. The number of hydrogen-bond donors (Lipinski definition) is 1. The molecule has 1 saturated heterocycles. The molecule has 156 valence electrons. The molecule has 4 nitrogen and oxygen atoms in total. The molecule has 3 unspecified atom stereocenters. The van der Waals surface area contributed by atoms with E-state index < -0.39 is 5.97 Å². The van der Waals surface area contributed by atoms with E-state index in [1.165, 1.54) is 23.1 Å². The monoisotopic (exact) mass is 442 g/mol. The second-order valence-electron chi connectivity index (χ2n) is 8.60. The van der Waals surface area contributed by atoms with Gasteiger partial charge in [0.15, 0.2) is 0 Å². The van der Waals surface area contributed by atoms with Crippen LogP contribution in [0.15, 0.2) is 42.5 Å². The van der Waals surface area contributed by atoms with E-state index >= 15 is 0 Å². The zero-order valence-corrected chi connectivity index (χ0v) is 18.3. The van der Waals surface area contributed by atoms with Gasteiger partial charge in [0.1, 0.15) is 0 Å². The van der Waals surface area contributed by atoms with Crippen LogP contribution in [0, 0.1) is 0 Å². The summed E-state index contributed by atoms with van der Waals surface area (Å²) in [6.07, 6.45) is 3.44. The molecule has 6 heteroatoms. The number of benzene rings is 2. The van der Waals surface area contributed by atoms with Crippen LogP contribution in [0.1, 0.15) is 48.0 Å². The second kappa shape index (κ2) is 7.60. The lowest BCUT2D eigenvalue weighted by Crippen LogP contribution is -2.34. The topological polar surface area (TPSA) is 45.5 Å². The van der Waals surface area contributed by atoms with Gasteiger partial charge in [-0.1, -0.05) is 35.3 Å². The summed E-state index contributed by atoms with van der Waals surface area (Å²) in [6.45, 7) is 0.630. The van der Waals surface area contributed by atoms with Crippen LogP contribution >= 0.6 is 23.2 Å². The smallest absolute Gasteiger partial charge is 0.304 e. The Morgan fingerprint density at radius 1 is 1.13 bits per heavy atom. The summed E-state index contributed by atoms with van der Waals surface area (Å²) in [7, 11) is 2.22. The highest BCUT2D eigenvalue weighted by Gasteiger charge is 2.41. The summed E-state index contributed by atoms with van der Waals surface area (Å²) in [5.41, 5.74) is 4.88. The average Bonchev–Trinajstić information content (AvgIpc) is 3.11. The van der Waals surface area contributed by atoms with Crippen molar-refractivity contribution in [2.75, 3.05) is 7.05 Å². The Kier molecular flexibility index (Phi) is 5.04. The van der Waals surface area contributed by atoms with Gasteiger partial charge in [0.2, 0.25) is 0 Å². The van der Waals surface area contributed by atoms with Gasteiger partial charge in [0.05, 0.1) is 6.42 Å². The standard InChI is InChI=1S/C24H24Cl2N2O2/c1-27-18-7-9-21(27)24-19-11-17(26)6-8-20(19)28(22(24)12-18)13-15(10-23(29)30)14-2-4-16(25)5-3-14/h2-6,8,11,15,18,21H,7,9-10,12-13H2,1H3,(H,29,30). The molecule has 3 heterocycles. The number of aromatic nitrogens is 1. The first-order chi connectivity index (χ1) is 14.4. The van der Waals surface area contributed by atoms with Crippen LogP contribution < -0.4 is 0 Å². The molecule has 1 fully saturated rings. The number of carboxylic acid groups (broad SMARTS) is 1. The van der Waals surface area contributed by atoms with Crippen molar-refractivity contribution in [2.45, 2.75) is 50.2 Å². The van der Waals surface area contributed by atoms with Crippen molar-refractivity contribution in [2.24, 2.45) is 0 Å². The highest BCUT2D eigenvalue weighted by Crippen LogP contribution is 2.47. The van der Waals surface area contributed by atoms with E-state index in [9.17, 15) is 9.90 Å². The zero-order chi connectivity index (χ0) is 21.0. The van der Waals surface area contributed by atoms with Crippen LogP contribution in [0.2, 0.25) is 10.0 Å². The van der Waals surface area contributed by atoms with Gasteiger partial charge in [0.25, 0.3) is 0 Å². The fourth-order valence-corrected chi connectivity index (χ4v) is 5.79. The van der Waals surface area contributed by atoms with E-state index in [0.29, 0.717) is 23.7 Å². The SMILES string of the molecule is CN1C2CCC1c1c(n(CC(CC(=O)O)c3ccc(Cl)cc3)c3ccc(Cl)cc13)C2. The van der Waals surface area contributed by atoms with E-state index in [4.69, 9.17) is 23.2 Å². The van der Waals surface area contributed by atoms with Gasteiger partial charge in [-0.25, -0.2) is 0 Å². The molecule has 1 N–H and O–H groups in total. The summed E-state index contributed by atoms with van der Waals surface area (Å²) in [5, 5.41) is 12.2. The minimum Gasteiger partial charge on any atom is -0.481 e. The van der Waals surface area contributed by atoms with Crippen molar-refractivity contribution in [3.63, 3.8) is 0 Å². The number of hydrogen-bond acceptors (Lipinski definition) is 2. The Bertz CT molecular complexity index is 1120. The van der Waals surface area contributed by atoms with E-state index in [-0.39, 0.29) is 12.3 Å². The van der Waals surface area contributed by atoms with E-state index in [1.54, 1.807) is 0 Å². The quantitative estimate of drug-likeness (QED) is 0.534. The Morgan fingerprint density at radius 2 is 1.87 bits per heavy atom. The van der Waals surface area contributed by atoms with Crippen molar-refractivity contribution in [1.82, 2.24) is 9.47 Å². The van der Waals surface area contributed by atoms with E-state index in [0.717, 1.165) is 28.9 Å². The summed E-state index contributed by atoms with van der Waals surface area (Å²) in [5.74, 6) is -0.921. The molecule has 5 rings (SSSR count). The van der Waals surface area contributed by atoms with Crippen LogP contribution in [0.4, 0.5) is 0 Å². The van der Waals surface area contributed by atoms with Gasteiger partial charge in [-0.15, -0.1) is 0 Å². The number of likely N-dealkylation sites (N-methyl/N-ethyl adjacent to an activating group) is 1. The molecular weight excluding hydrogens is 419 g/mol. The summed E-state index contributed by atoms with van der Waals surface area (Å²) in [4.78, 5) is 14.2. The number of rotatable bonds is 5. The Labute approximate surface area is 186 Å². The van der Waals surface area contributed by atoms with Crippen LogP contribution in [0.3, 0.4) is 0 Å². The van der Waals surface area contributed by atoms with Crippen molar-refractivity contribution >= 4 is 40.1 Å². The maximum atomic E-state index is 11.7. The molecule has 2 aromatic carbocycles. The Morgan fingerprint density at radius 3 is 2.60 bits per heavy atom. The van der Waals surface area contributed by atoms with Crippen molar-refractivity contribution in [3.05, 3.63) is 69.3 Å². The molecule has 30 heavy (non-hydrogen) atoms. The fraction of sp³-hybridized carbons (Fsp3) is 0.375. The molecule has 1 aromatic heterocycles. The minimum atomic E-state index is -0.789. The van der Waals surface area contributed by atoms with Gasteiger partial charge in [-0.3, -0.25) is 9.69 Å². The van der Waals surface area contributed by atoms with Crippen LogP contribution in [0.25, 0.3) is 10.9 Å². The van der Waals surface area contributed by atoms with Crippen LogP contribution in [0.5, 0.6) is 0 Å². The normalized spacial score (nSPS) is 21.7. The Hall–Kier alpha value is -2.01. The summed E-state index contributed by atoms with van der Waals surface area (Å²) >= 11 is 12.4. The van der Waals surface area contributed by atoms with Gasteiger partial charge in [-0.2, -0.15) is 0 Å². The van der Waals surface area contributed by atoms with Gasteiger partial charge in [-0.05, 0) is 61.3 Å². The maximum Gasteiger partial charge on any atom is 0.304 e. The first-order valence-electron chi connectivity index (χ1n) is 10.4. The molecule has 3 atom stereocenters. The average molecular weight is 443 g/mol. The molecule has 2 aliphatic rings. The molecule has 3 aromatic rings. The van der Waals surface area contributed by atoms with Gasteiger partial charge < -0.3 is 9.67 Å². The predicted octanol–water partition coefficient (Wildman–Crippen LogP) is 5.90. The fourth-order valence-electron chi connectivity index (χ4n) is 5.49. The molecular formula is C24H24Cl2N2O2. The van der Waals surface area contributed by atoms with Crippen molar-refractivity contribution in [1.29, 1.82) is 0 Å². The molecule has 0 spiro atoms. The molecule has 0 saturated carbocycles. The van der Waals surface area contributed by atoms with Crippen molar-refractivity contribution in [3.8, 4) is 0 Å².